The summed E-state index contributed by atoms with van der Waals surface area (Å²) in [5.41, 5.74) is 0. The lowest BCUT2D eigenvalue weighted by molar-refractivity contribution is 0.0151. The fraction of sp³-hybridized carbons (Fsp3) is 1.00. The molecular formula is C10H21NO2. The van der Waals surface area contributed by atoms with E-state index < -0.39 is 0 Å². The lowest BCUT2D eigenvalue weighted by Gasteiger charge is -2.11. The first-order valence-electron chi connectivity index (χ1n) is 5.22. The van der Waals surface area contributed by atoms with Crippen LogP contribution in [0, 0.1) is 0 Å². The molecule has 1 fully saturated rings. The van der Waals surface area contributed by atoms with Crippen LogP contribution in [0.3, 0.4) is 0 Å². The van der Waals surface area contributed by atoms with Crippen LogP contribution in [-0.4, -0.2) is 38.5 Å². The van der Waals surface area contributed by atoms with Gasteiger partial charge in [-0.25, -0.2) is 0 Å². The van der Waals surface area contributed by atoms with Crippen LogP contribution in [0.25, 0.3) is 0 Å². The molecule has 0 spiro atoms. The second-order valence-electron chi connectivity index (χ2n) is 3.79. The first kappa shape index (κ1) is 11.0. The van der Waals surface area contributed by atoms with Gasteiger partial charge in [0.05, 0.1) is 25.9 Å². The Morgan fingerprint density at radius 2 is 2.23 bits per heavy atom. The first-order chi connectivity index (χ1) is 6.29. The van der Waals surface area contributed by atoms with Crippen LogP contribution in [0.4, 0.5) is 0 Å². The maximum absolute atomic E-state index is 5.48. The number of nitrogens with one attached hydrogen (secondary N) is 1. The molecule has 0 bridgehead atoms. The van der Waals surface area contributed by atoms with Crippen molar-refractivity contribution in [3.05, 3.63) is 0 Å². The zero-order valence-electron chi connectivity index (χ0n) is 8.71. The van der Waals surface area contributed by atoms with Crippen molar-refractivity contribution in [3.63, 3.8) is 0 Å². The molecule has 1 heterocycles. The summed E-state index contributed by atoms with van der Waals surface area (Å²) in [5, 5.41) is 3.39. The average molecular weight is 187 g/mol. The molecule has 0 amide bonds. The van der Waals surface area contributed by atoms with E-state index in [4.69, 9.17) is 9.47 Å². The van der Waals surface area contributed by atoms with Gasteiger partial charge in [0.25, 0.3) is 0 Å². The number of hydrogen-bond donors (Lipinski definition) is 1. The van der Waals surface area contributed by atoms with Gasteiger partial charge in [0.15, 0.2) is 0 Å². The van der Waals surface area contributed by atoms with Crippen LogP contribution < -0.4 is 5.32 Å². The smallest absolute Gasteiger partial charge is 0.0703 e. The molecule has 1 atom stereocenters. The van der Waals surface area contributed by atoms with Gasteiger partial charge in [0.1, 0.15) is 0 Å². The van der Waals surface area contributed by atoms with Gasteiger partial charge in [0, 0.05) is 6.04 Å². The summed E-state index contributed by atoms with van der Waals surface area (Å²) in [7, 11) is 0. The summed E-state index contributed by atoms with van der Waals surface area (Å²) in [4.78, 5) is 0. The van der Waals surface area contributed by atoms with Gasteiger partial charge in [0.2, 0.25) is 0 Å². The molecule has 0 saturated carbocycles. The summed E-state index contributed by atoms with van der Waals surface area (Å²) in [6, 6.07) is 0.582. The van der Waals surface area contributed by atoms with Crippen LogP contribution in [0.15, 0.2) is 0 Å². The molecule has 0 aromatic rings. The van der Waals surface area contributed by atoms with Crippen LogP contribution in [0.2, 0.25) is 0 Å². The Bertz CT molecular complexity index is 122. The zero-order chi connectivity index (χ0) is 9.52. The molecule has 3 nitrogen and oxygen atoms in total. The Hall–Kier alpha value is -0.120. The Morgan fingerprint density at radius 1 is 1.38 bits per heavy atom. The monoisotopic (exact) mass is 187 g/mol. The van der Waals surface area contributed by atoms with Gasteiger partial charge < -0.3 is 14.8 Å². The molecule has 1 aliphatic rings. The zero-order valence-corrected chi connectivity index (χ0v) is 8.71. The van der Waals surface area contributed by atoms with Crippen molar-refractivity contribution in [2.75, 3.05) is 26.4 Å². The maximum atomic E-state index is 5.48. The molecule has 1 saturated heterocycles. The van der Waals surface area contributed by atoms with Crippen LogP contribution >= 0.6 is 0 Å². The fourth-order valence-electron chi connectivity index (χ4n) is 1.47. The third-order valence-corrected chi connectivity index (χ3v) is 2.16. The highest BCUT2D eigenvalue weighted by Gasteiger charge is 2.13. The van der Waals surface area contributed by atoms with Crippen molar-refractivity contribution in [1.82, 2.24) is 5.32 Å². The van der Waals surface area contributed by atoms with E-state index in [1.165, 1.54) is 12.8 Å². The fourth-order valence-corrected chi connectivity index (χ4v) is 1.47. The molecule has 78 valence electrons. The first-order valence-corrected chi connectivity index (χ1v) is 5.22. The highest BCUT2D eigenvalue weighted by Crippen LogP contribution is 2.04. The van der Waals surface area contributed by atoms with Crippen LogP contribution in [-0.2, 0) is 9.47 Å². The lowest BCUT2D eigenvalue weighted by Crippen LogP contribution is -2.27. The van der Waals surface area contributed by atoms with Crippen molar-refractivity contribution in [3.8, 4) is 0 Å². The van der Waals surface area contributed by atoms with Gasteiger partial charge in [-0.1, -0.05) is 0 Å². The Balaban J connectivity index is 1.83. The number of rotatable bonds is 6. The van der Waals surface area contributed by atoms with E-state index in [1.54, 1.807) is 0 Å². The maximum Gasteiger partial charge on any atom is 0.0703 e. The van der Waals surface area contributed by atoms with Crippen LogP contribution in [0.1, 0.15) is 26.7 Å². The number of ether oxygens (including phenoxy) is 2. The Labute approximate surface area is 80.8 Å². The van der Waals surface area contributed by atoms with Gasteiger partial charge in [-0.2, -0.15) is 0 Å². The van der Waals surface area contributed by atoms with E-state index in [9.17, 15) is 0 Å². The molecular weight excluding hydrogens is 166 g/mol. The molecule has 1 N–H and O–H groups in total. The van der Waals surface area contributed by atoms with Crippen molar-refractivity contribution >= 4 is 0 Å². The summed E-state index contributed by atoms with van der Waals surface area (Å²) < 4.78 is 10.8. The van der Waals surface area contributed by atoms with Gasteiger partial charge >= 0.3 is 0 Å². The standard InChI is InChI=1S/C10H21NO2/c1-9(2)13-7-6-12-8-10-4-3-5-11-10/h9-11H,3-8H2,1-2H3/t10-/m1/s1. The summed E-state index contributed by atoms with van der Waals surface area (Å²) in [6.07, 6.45) is 2.86. The summed E-state index contributed by atoms with van der Waals surface area (Å²) in [6.45, 7) is 7.50. The largest absolute Gasteiger partial charge is 0.377 e. The third-order valence-electron chi connectivity index (χ3n) is 2.16. The second-order valence-corrected chi connectivity index (χ2v) is 3.79. The van der Waals surface area contributed by atoms with E-state index >= 15 is 0 Å². The predicted molar refractivity (Wildman–Crippen MR) is 52.9 cm³/mol. The van der Waals surface area contributed by atoms with E-state index in [0.29, 0.717) is 18.8 Å². The van der Waals surface area contributed by atoms with E-state index in [-0.39, 0.29) is 0 Å². The Kier molecular flexibility index (Phi) is 5.35. The van der Waals surface area contributed by atoms with Crippen molar-refractivity contribution in [1.29, 1.82) is 0 Å². The molecule has 13 heavy (non-hydrogen) atoms. The summed E-state index contributed by atoms with van der Waals surface area (Å²) >= 11 is 0. The molecule has 1 aliphatic heterocycles. The highest BCUT2D eigenvalue weighted by molar-refractivity contribution is 4.73. The summed E-state index contributed by atoms with van der Waals surface area (Å²) in [5.74, 6) is 0. The molecule has 0 unspecified atom stereocenters. The molecule has 0 aliphatic carbocycles. The van der Waals surface area contributed by atoms with Crippen molar-refractivity contribution in [2.24, 2.45) is 0 Å². The van der Waals surface area contributed by atoms with Crippen LogP contribution in [0.5, 0.6) is 0 Å². The SMILES string of the molecule is CC(C)OCCOC[C@H]1CCCN1. The van der Waals surface area contributed by atoms with Crippen molar-refractivity contribution in [2.45, 2.75) is 38.8 Å². The second kappa shape index (κ2) is 6.35. The molecule has 0 aromatic carbocycles. The quantitative estimate of drug-likeness (QED) is 0.633. The molecule has 0 radical (unpaired) electrons. The molecule has 0 aromatic heterocycles. The minimum Gasteiger partial charge on any atom is -0.377 e. The normalized spacial score (nSPS) is 22.8. The average Bonchev–Trinajstić information content (AvgIpc) is 2.55. The number of hydrogen-bond acceptors (Lipinski definition) is 3. The Morgan fingerprint density at radius 3 is 2.85 bits per heavy atom. The third kappa shape index (κ3) is 5.24. The van der Waals surface area contributed by atoms with E-state index in [1.807, 2.05) is 13.8 Å². The van der Waals surface area contributed by atoms with E-state index in [2.05, 4.69) is 5.32 Å². The molecule has 1 rings (SSSR count). The topological polar surface area (TPSA) is 30.5 Å². The van der Waals surface area contributed by atoms with Gasteiger partial charge in [-0.15, -0.1) is 0 Å². The van der Waals surface area contributed by atoms with Gasteiger partial charge in [-0.3, -0.25) is 0 Å². The minimum absolute atomic E-state index is 0.313. The van der Waals surface area contributed by atoms with E-state index in [0.717, 1.165) is 19.8 Å². The lowest BCUT2D eigenvalue weighted by atomic mass is 10.2. The van der Waals surface area contributed by atoms with Gasteiger partial charge in [-0.05, 0) is 33.2 Å². The highest BCUT2D eigenvalue weighted by atomic mass is 16.5. The van der Waals surface area contributed by atoms with Crippen molar-refractivity contribution < 1.29 is 9.47 Å². The predicted octanol–water partition coefficient (Wildman–Crippen LogP) is 1.18. The minimum atomic E-state index is 0.313. The molecule has 3 heteroatoms.